The van der Waals surface area contributed by atoms with E-state index >= 15 is 0 Å². The average Bonchev–Trinajstić information content (AvgIpc) is 3.48. The number of carbonyl (C=O) groups is 2. The number of anilines is 1. The third-order valence-electron chi connectivity index (χ3n) is 5.15. The number of hydrogen-bond donors (Lipinski definition) is 2. The van der Waals surface area contributed by atoms with Gasteiger partial charge >= 0.3 is 0 Å². The number of aromatic nitrogens is 3. The Morgan fingerprint density at radius 3 is 2.61 bits per heavy atom. The van der Waals surface area contributed by atoms with Crippen molar-refractivity contribution < 1.29 is 22.8 Å². The molecule has 4 rings (SSSR count). The van der Waals surface area contributed by atoms with Crippen LogP contribution in [0.25, 0.3) is 21.5 Å². The highest BCUT2D eigenvalue weighted by atomic mass is 35.5. The Bertz CT molecular complexity index is 1380. The molecule has 12 heteroatoms. The van der Waals surface area contributed by atoms with Crippen LogP contribution in [-0.4, -0.2) is 26.6 Å². The molecule has 0 aliphatic heterocycles. The monoisotopic (exact) mass is 493 g/mol. The molecule has 4 aromatic rings. The minimum Gasteiger partial charge on any atom is -0.464 e. The van der Waals surface area contributed by atoms with Crippen molar-refractivity contribution >= 4 is 50.7 Å². The number of rotatable bonds is 6. The third kappa shape index (κ3) is 3.98. The lowest BCUT2D eigenvalue weighted by molar-refractivity contribution is -0.119. The van der Waals surface area contributed by atoms with E-state index in [-0.39, 0.29) is 32.1 Å². The summed E-state index contributed by atoms with van der Waals surface area (Å²) in [6, 6.07) is 3.55. The molecule has 172 valence electrons. The smallest absolute Gasteiger partial charge is 0.280 e. The first-order valence-electron chi connectivity index (χ1n) is 9.71. The summed E-state index contributed by atoms with van der Waals surface area (Å²) in [5.41, 5.74) is 6.54. The summed E-state index contributed by atoms with van der Waals surface area (Å²) in [5.74, 6) is -1.08. The second-order valence-electron chi connectivity index (χ2n) is 7.32. The Balaban J connectivity index is 1.87. The van der Waals surface area contributed by atoms with Gasteiger partial charge in [-0.05, 0) is 39.0 Å². The van der Waals surface area contributed by atoms with Crippen molar-refractivity contribution in [3.63, 3.8) is 0 Å². The number of aryl methyl sites for hydroxylation is 1. The van der Waals surface area contributed by atoms with Gasteiger partial charge in [-0.2, -0.15) is 5.10 Å². The molecule has 0 radical (unpaired) electrons. The Kier molecular flexibility index (Phi) is 5.93. The lowest BCUT2D eigenvalue weighted by Gasteiger charge is -2.15. The van der Waals surface area contributed by atoms with Crippen molar-refractivity contribution in [2.24, 2.45) is 5.73 Å². The standard InChI is InChI=1S/C21H18ClF2N5O3S/c1-8-15(22)9(2)29(28-8)10(3)20(31)27-16-14-11(13-5-4-6-32-13)7-12(18(23)24)26-21(14)33-17(16)19(25)30/h4-7,10,18H,1-3H3,(H2,25,30)(H,27,31). The van der Waals surface area contributed by atoms with Gasteiger partial charge < -0.3 is 15.5 Å². The number of nitrogens with two attached hydrogens (primary N) is 1. The molecule has 1 unspecified atom stereocenters. The minimum absolute atomic E-state index is 0.0244. The number of nitrogens with zero attached hydrogens (tertiary/aromatic N) is 3. The van der Waals surface area contributed by atoms with Gasteiger partial charge in [-0.15, -0.1) is 11.3 Å². The highest BCUT2D eigenvalue weighted by Gasteiger charge is 2.28. The number of amides is 2. The van der Waals surface area contributed by atoms with Crippen molar-refractivity contribution in [1.29, 1.82) is 0 Å². The predicted octanol–water partition coefficient (Wildman–Crippen LogP) is 5.26. The van der Waals surface area contributed by atoms with Crippen LogP contribution in [-0.2, 0) is 4.79 Å². The Labute approximate surface area is 195 Å². The summed E-state index contributed by atoms with van der Waals surface area (Å²) in [4.78, 5) is 29.4. The topological polar surface area (TPSA) is 116 Å². The molecular weight excluding hydrogens is 476 g/mol. The molecular formula is C21H18ClF2N5O3S. The van der Waals surface area contributed by atoms with Crippen LogP contribution < -0.4 is 11.1 Å². The van der Waals surface area contributed by atoms with Crippen molar-refractivity contribution in [2.45, 2.75) is 33.2 Å². The number of halogens is 3. The van der Waals surface area contributed by atoms with Crippen LogP contribution >= 0.6 is 22.9 Å². The van der Waals surface area contributed by atoms with Crippen molar-refractivity contribution in [1.82, 2.24) is 14.8 Å². The summed E-state index contributed by atoms with van der Waals surface area (Å²) in [6.07, 6.45) is -1.46. The van der Waals surface area contributed by atoms with Gasteiger partial charge in [-0.1, -0.05) is 11.6 Å². The molecule has 0 fully saturated rings. The fourth-order valence-corrected chi connectivity index (χ4v) is 4.65. The number of nitrogens with one attached hydrogen (secondary N) is 1. The molecule has 0 bridgehead atoms. The zero-order chi connectivity index (χ0) is 24.0. The van der Waals surface area contributed by atoms with Crippen molar-refractivity contribution in [3.8, 4) is 11.3 Å². The molecule has 0 aliphatic carbocycles. The maximum absolute atomic E-state index is 13.5. The van der Waals surface area contributed by atoms with Gasteiger partial charge in [-0.3, -0.25) is 14.3 Å². The first kappa shape index (κ1) is 22.9. The molecule has 8 nitrogen and oxygen atoms in total. The zero-order valence-corrected chi connectivity index (χ0v) is 19.2. The van der Waals surface area contributed by atoms with E-state index in [0.717, 1.165) is 11.3 Å². The molecule has 3 N–H and O–H groups in total. The molecule has 4 aromatic heterocycles. The van der Waals surface area contributed by atoms with Crippen LogP contribution in [0.1, 0.15) is 46.1 Å². The molecule has 33 heavy (non-hydrogen) atoms. The number of pyridine rings is 1. The molecule has 0 saturated heterocycles. The quantitative estimate of drug-likeness (QED) is 0.380. The first-order chi connectivity index (χ1) is 15.6. The normalized spacial score (nSPS) is 12.5. The van der Waals surface area contributed by atoms with Crippen LogP contribution in [0.4, 0.5) is 14.5 Å². The van der Waals surface area contributed by atoms with Gasteiger partial charge in [0.1, 0.15) is 27.2 Å². The maximum Gasteiger partial charge on any atom is 0.280 e. The highest BCUT2D eigenvalue weighted by molar-refractivity contribution is 7.21. The molecule has 0 aliphatic rings. The van der Waals surface area contributed by atoms with Crippen molar-refractivity contribution in [2.75, 3.05) is 5.32 Å². The van der Waals surface area contributed by atoms with E-state index < -0.39 is 30.0 Å². The fourth-order valence-electron chi connectivity index (χ4n) is 3.51. The fraction of sp³-hybridized carbons (Fsp3) is 0.238. The number of fused-ring (bicyclic) bond motifs is 1. The first-order valence-corrected chi connectivity index (χ1v) is 10.9. The lowest BCUT2D eigenvalue weighted by Crippen LogP contribution is -2.26. The molecule has 1 atom stereocenters. The number of hydrogen-bond acceptors (Lipinski definition) is 6. The molecule has 2 amide bonds. The minimum atomic E-state index is -2.85. The van der Waals surface area contributed by atoms with Crippen LogP contribution in [0.2, 0.25) is 5.02 Å². The summed E-state index contributed by atoms with van der Waals surface area (Å²) in [7, 11) is 0. The van der Waals surface area contributed by atoms with Gasteiger partial charge in [0.05, 0.1) is 28.4 Å². The van der Waals surface area contributed by atoms with Crippen molar-refractivity contribution in [3.05, 3.63) is 51.4 Å². The van der Waals surface area contributed by atoms with Gasteiger partial charge in [-0.25, -0.2) is 13.8 Å². The second-order valence-corrected chi connectivity index (χ2v) is 8.69. The van der Waals surface area contributed by atoms with Crippen LogP contribution in [0.5, 0.6) is 0 Å². The Morgan fingerprint density at radius 2 is 2.06 bits per heavy atom. The lowest BCUT2D eigenvalue weighted by atomic mass is 10.1. The summed E-state index contributed by atoms with van der Waals surface area (Å²) >= 11 is 7.01. The van der Waals surface area contributed by atoms with Gasteiger partial charge in [0.25, 0.3) is 12.3 Å². The van der Waals surface area contributed by atoms with Gasteiger partial charge in [0.2, 0.25) is 5.91 Å². The predicted molar refractivity (Wildman–Crippen MR) is 121 cm³/mol. The summed E-state index contributed by atoms with van der Waals surface area (Å²) < 4.78 is 33.9. The van der Waals surface area contributed by atoms with E-state index in [1.54, 1.807) is 32.9 Å². The molecule has 4 heterocycles. The van der Waals surface area contributed by atoms with E-state index in [4.69, 9.17) is 21.8 Å². The van der Waals surface area contributed by atoms with E-state index in [0.29, 0.717) is 16.4 Å². The van der Waals surface area contributed by atoms with E-state index in [9.17, 15) is 18.4 Å². The number of thiophene rings is 1. The molecule has 0 aromatic carbocycles. The average molecular weight is 494 g/mol. The van der Waals surface area contributed by atoms with Gasteiger partial charge in [0, 0.05) is 10.9 Å². The van der Waals surface area contributed by atoms with Crippen LogP contribution in [0.3, 0.4) is 0 Å². The Hall–Kier alpha value is -3.31. The Morgan fingerprint density at radius 1 is 1.33 bits per heavy atom. The number of furan rings is 1. The number of carbonyl (C=O) groups excluding carboxylic acids is 2. The van der Waals surface area contributed by atoms with E-state index in [1.165, 1.54) is 17.0 Å². The van der Waals surface area contributed by atoms with E-state index in [1.807, 2.05) is 0 Å². The largest absolute Gasteiger partial charge is 0.464 e. The SMILES string of the molecule is Cc1nn(C(C)C(=O)Nc2c(C(N)=O)sc3nc(C(F)F)cc(-c4ccco4)c23)c(C)c1Cl. The molecule has 0 saturated carbocycles. The second kappa shape index (κ2) is 8.56. The highest BCUT2D eigenvalue weighted by Crippen LogP contribution is 2.42. The number of alkyl halides is 2. The van der Waals surface area contributed by atoms with Gasteiger partial charge in [0.15, 0.2) is 0 Å². The molecule has 0 spiro atoms. The summed E-state index contributed by atoms with van der Waals surface area (Å²) in [6.45, 7) is 5.06. The van der Waals surface area contributed by atoms with E-state index in [2.05, 4.69) is 15.4 Å². The third-order valence-corrected chi connectivity index (χ3v) is 6.79. The number of primary amides is 1. The summed E-state index contributed by atoms with van der Waals surface area (Å²) in [5, 5.41) is 7.73. The van der Waals surface area contributed by atoms with Crippen LogP contribution in [0.15, 0.2) is 28.9 Å². The van der Waals surface area contributed by atoms with Crippen LogP contribution in [0, 0.1) is 13.8 Å². The maximum atomic E-state index is 13.5. The zero-order valence-electron chi connectivity index (χ0n) is 17.6.